The molecule has 148 valence electrons. The van der Waals surface area contributed by atoms with Crippen LogP contribution in [-0.4, -0.2) is 52.4 Å². The van der Waals surface area contributed by atoms with E-state index in [0.717, 1.165) is 0 Å². The zero-order chi connectivity index (χ0) is 20.4. The van der Waals surface area contributed by atoms with Crippen LogP contribution < -0.4 is 0 Å². The van der Waals surface area contributed by atoms with Gasteiger partial charge in [-0.3, -0.25) is 19.8 Å². The largest absolute Gasteiger partial charge is 0.460 e. The van der Waals surface area contributed by atoms with Crippen molar-refractivity contribution in [1.29, 1.82) is 0 Å². The van der Waals surface area contributed by atoms with E-state index in [0.29, 0.717) is 16.4 Å². The molecule has 1 saturated heterocycles. The number of hydrogen-bond acceptors (Lipinski definition) is 8. The molecule has 0 saturated carbocycles. The molecule has 1 aromatic rings. The van der Waals surface area contributed by atoms with Gasteiger partial charge in [0.05, 0.1) is 34.1 Å². The van der Waals surface area contributed by atoms with Crippen molar-refractivity contribution in [3.05, 3.63) is 51.2 Å². The van der Waals surface area contributed by atoms with Crippen LogP contribution in [0, 0.1) is 10.1 Å². The predicted octanol–water partition coefficient (Wildman–Crippen LogP) is 2.43. The quantitative estimate of drug-likeness (QED) is 0.309. The molecule has 0 aliphatic carbocycles. The van der Waals surface area contributed by atoms with E-state index >= 15 is 0 Å². The highest BCUT2D eigenvalue weighted by atomic mass is 32.2. The molecule has 0 bridgehead atoms. The lowest BCUT2D eigenvalue weighted by Crippen LogP contribution is -2.40. The number of carbonyl (C=O) groups excluding carboxylic acids is 2. The Morgan fingerprint density at radius 2 is 2.14 bits per heavy atom. The molecule has 28 heavy (non-hydrogen) atoms. The van der Waals surface area contributed by atoms with Gasteiger partial charge in [0.15, 0.2) is 5.17 Å². The highest BCUT2D eigenvalue weighted by Crippen LogP contribution is 2.43. The minimum atomic E-state index is -0.840. The average molecular weight is 405 g/mol. The molecule has 10 heteroatoms. The fourth-order valence-electron chi connectivity index (χ4n) is 3.08. The molecule has 1 aromatic carbocycles. The summed E-state index contributed by atoms with van der Waals surface area (Å²) in [6.07, 6.45) is 0. The van der Waals surface area contributed by atoms with Gasteiger partial charge in [-0.25, -0.2) is 9.79 Å². The van der Waals surface area contributed by atoms with Crippen LogP contribution in [0.3, 0.4) is 0 Å². The summed E-state index contributed by atoms with van der Waals surface area (Å²) in [5.41, 5.74) is 0.921. The molecule has 0 aromatic heterocycles. The van der Waals surface area contributed by atoms with Crippen LogP contribution in [0.25, 0.3) is 0 Å². The van der Waals surface area contributed by atoms with Crippen LogP contribution >= 0.6 is 11.8 Å². The number of fused-ring (bicyclic) bond motifs is 1. The summed E-state index contributed by atoms with van der Waals surface area (Å²) >= 11 is 1.29. The third-order valence-corrected chi connectivity index (χ3v) is 5.45. The Bertz CT molecular complexity index is 897. The van der Waals surface area contributed by atoms with Gasteiger partial charge in [-0.1, -0.05) is 23.9 Å². The van der Waals surface area contributed by atoms with E-state index in [1.807, 2.05) is 0 Å². The summed E-state index contributed by atoms with van der Waals surface area (Å²) < 4.78 is 10.2. The lowest BCUT2D eigenvalue weighted by atomic mass is 9.94. The molecule has 2 aliphatic heterocycles. The van der Waals surface area contributed by atoms with Gasteiger partial charge in [0, 0.05) is 19.2 Å². The minimum absolute atomic E-state index is 0.0451. The number of rotatable bonds is 6. The number of nitrogens with zero attached hydrogens (tertiary/aromatic N) is 3. The van der Waals surface area contributed by atoms with E-state index < -0.39 is 16.9 Å². The normalized spacial score (nSPS) is 21.5. The molecule has 9 nitrogen and oxygen atoms in total. The van der Waals surface area contributed by atoms with E-state index in [1.165, 1.54) is 42.0 Å². The summed E-state index contributed by atoms with van der Waals surface area (Å²) in [5.74, 6) is -0.846. The first-order valence-electron chi connectivity index (χ1n) is 8.54. The number of non-ortho nitro benzene ring substituents is 1. The lowest BCUT2D eigenvalue weighted by Gasteiger charge is -2.32. The van der Waals surface area contributed by atoms with Crippen LogP contribution in [0.4, 0.5) is 5.69 Å². The molecular weight excluding hydrogens is 386 g/mol. The number of amidine groups is 1. The number of ether oxygens (including phenoxy) is 2. The number of benzene rings is 1. The minimum Gasteiger partial charge on any atom is -0.460 e. The summed E-state index contributed by atoms with van der Waals surface area (Å²) in [7, 11) is 1.49. The standard InChI is InChI=1S/C18H19N3O6S/c1-10-14(17(23)27-8-7-26-3)15(12-5-4-6-13(9-12)21(24)25)20-16(22)11(2)28-18(20)19-10/h4-6,9,11,15H,7-8H2,1-3H3/t11-,15+/m1/s1. The Labute approximate surface area is 165 Å². The van der Waals surface area contributed by atoms with Gasteiger partial charge in [0.25, 0.3) is 5.69 Å². The molecule has 2 heterocycles. The van der Waals surface area contributed by atoms with Gasteiger partial charge in [-0.15, -0.1) is 0 Å². The van der Waals surface area contributed by atoms with Crippen LogP contribution in [0.1, 0.15) is 25.5 Å². The number of allylic oxidation sites excluding steroid dienone is 1. The fraction of sp³-hybridized carbons (Fsp3) is 0.389. The number of hydrogen-bond donors (Lipinski definition) is 0. The number of nitro groups is 1. The first-order valence-corrected chi connectivity index (χ1v) is 9.42. The highest BCUT2D eigenvalue weighted by molar-refractivity contribution is 8.15. The molecule has 0 N–H and O–H groups in total. The summed E-state index contributed by atoms with van der Waals surface area (Å²) in [4.78, 5) is 42.1. The third-order valence-electron chi connectivity index (χ3n) is 4.40. The second-order valence-electron chi connectivity index (χ2n) is 6.25. The van der Waals surface area contributed by atoms with Crippen molar-refractivity contribution in [3.8, 4) is 0 Å². The zero-order valence-corrected chi connectivity index (χ0v) is 16.4. The van der Waals surface area contributed by atoms with Crippen molar-refractivity contribution in [2.24, 2.45) is 4.99 Å². The van der Waals surface area contributed by atoms with Crippen molar-refractivity contribution in [3.63, 3.8) is 0 Å². The second kappa shape index (κ2) is 8.11. The first-order chi connectivity index (χ1) is 13.3. The maximum Gasteiger partial charge on any atom is 0.338 e. The summed E-state index contributed by atoms with van der Waals surface area (Å²) in [5, 5.41) is 11.3. The van der Waals surface area contributed by atoms with Crippen LogP contribution in [0.15, 0.2) is 40.5 Å². The van der Waals surface area contributed by atoms with Gasteiger partial charge in [0.2, 0.25) is 5.91 Å². The lowest BCUT2D eigenvalue weighted by molar-refractivity contribution is -0.384. The number of amides is 1. The highest BCUT2D eigenvalue weighted by Gasteiger charge is 2.46. The Balaban J connectivity index is 2.08. The van der Waals surface area contributed by atoms with E-state index in [1.54, 1.807) is 19.9 Å². The molecule has 1 fully saturated rings. The monoisotopic (exact) mass is 405 g/mol. The van der Waals surface area contributed by atoms with Gasteiger partial charge >= 0.3 is 5.97 Å². The molecule has 1 amide bonds. The molecule has 0 spiro atoms. The topological polar surface area (TPSA) is 111 Å². The molecule has 3 rings (SSSR count). The molecule has 0 unspecified atom stereocenters. The first kappa shape index (κ1) is 20.0. The summed E-state index contributed by atoms with van der Waals surface area (Å²) in [6.45, 7) is 3.69. The average Bonchev–Trinajstić information content (AvgIpc) is 2.94. The van der Waals surface area contributed by atoms with E-state index in [2.05, 4.69) is 4.99 Å². The van der Waals surface area contributed by atoms with Crippen LogP contribution in [0.2, 0.25) is 0 Å². The number of methoxy groups -OCH3 is 1. The van der Waals surface area contributed by atoms with Crippen molar-refractivity contribution in [2.75, 3.05) is 20.3 Å². The van der Waals surface area contributed by atoms with Crippen molar-refractivity contribution in [1.82, 2.24) is 4.90 Å². The molecule has 0 radical (unpaired) electrons. The number of aliphatic imine (C=N–C) groups is 1. The SMILES string of the molecule is COCCOC(=O)C1=C(C)N=C2S[C@H](C)C(=O)N2[C@H]1c1cccc([N+](=O)[O-])c1. The Morgan fingerprint density at radius 1 is 1.39 bits per heavy atom. The molecular formula is C18H19N3O6S. The van der Waals surface area contributed by atoms with Crippen molar-refractivity contribution >= 4 is 34.5 Å². The molecule has 2 aliphatic rings. The maximum absolute atomic E-state index is 12.8. The van der Waals surface area contributed by atoms with Crippen molar-refractivity contribution < 1.29 is 24.0 Å². The van der Waals surface area contributed by atoms with E-state index in [4.69, 9.17) is 9.47 Å². The zero-order valence-electron chi connectivity index (χ0n) is 15.6. The Morgan fingerprint density at radius 3 is 2.82 bits per heavy atom. The van der Waals surface area contributed by atoms with Gasteiger partial charge in [-0.05, 0) is 19.4 Å². The van der Waals surface area contributed by atoms with E-state index in [9.17, 15) is 19.7 Å². The third kappa shape index (κ3) is 3.65. The van der Waals surface area contributed by atoms with Gasteiger partial charge < -0.3 is 9.47 Å². The maximum atomic E-state index is 12.8. The van der Waals surface area contributed by atoms with Crippen molar-refractivity contribution in [2.45, 2.75) is 25.1 Å². The number of carbonyl (C=O) groups is 2. The number of esters is 1. The summed E-state index contributed by atoms with van der Waals surface area (Å²) in [6, 6.07) is 5.06. The number of thioether (sulfide) groups is 1. The van der Waals surface area contributed by atoms with E-state index in [-0.39, 0.29) is 35.6 Å². The molecule has 2 atom stereocenters. The van der Waals surface area contributed by atoms with Crippen LogP contribution in [-0.2, 0) is 19.1 Å². The fourth-order valence-corrected chi connectivity index (χ4v) is 4.11. The smallest absolute Gasteiger partial charge is 0.338 e. The Hall–Kier alpha value is -2.72. The predicted molar refractivity (Wildman–Crippen MR) is 103 cm³/mol. The second-order valence-corrected chi connectivity index (χ2v) is 7.55. The van der Waals surface area contributed by atoms with Gasteiger partial charge in [0.1, 0.15) is 6.61 Å². The van der Waals surface area contributed by atoms with Gasteiger partial charge in [-0.2, -0.15) is 0 Å². The Kier molecular flexibility index (Phi) is 5.80. The number of nitro benzene ring substituents is 1. The van der Waals surface area contributed by atoms with Crippen LogP contribution in [0.5, 0.6) is 0 Å².